The average molecular weight is 441 g/mol. The highest BCUT2D eigenvalue weighted by molar-refractivity contribution is 5.85. The third-order valence-electron chi connectivity index (χ3n) is 13.9. The van der Waals surface area contributed by atoms with Gasteiger partial charge in [0.1, 0.15) is 5.78 Å². The molecule has 0 aromatic rings. The number of ketones is 1. The summed E-state index contributed by atoms with van der Waals surface area (Å²) in [6, 6.07) is 0. The molecule has 0 unspecified atom stereocenters. The molecule has 0 aromatic carbocycles. The monoisotopic (exact) mass is 440 g/mol. The quantitative estimate of drug-likeness (QED) is 0.391. The molecule has 5 saturated carbocycles. The molecule has 180 valence electrons. The minimum Gasteiger partial charge on any atom is -0.377 e. The Morgan fingerprint density at radius 3 is 2.22 bits per heavy atom. The van der Waals surface area contributed by atoms with E-state index in [1.807, 2.05) is 0 Å². The first-order chi connectivity index (χ1) is 14.8. The van der Waals surface area contributed by atoms with E-state index in [9.17, 15) is 4.79 Å². The van der Waals surface area contributed by atoms with Crippen LogP contribution in [0.15, 0.2) is 0 Å². The predicted molar refractivity (Wildman–Crippen MR) is 129 cm³/mol. The summed E-state index contributed by atoms with van der Waals surface area (Å²) in [5, 5.41) is 0. The van der Waals surface area contributed by atoms with Crippen LogP contribution in [0.25, 0.3) is 0 Å². The number of fused-ring (bicyclic) bond motifs is 5. The SMILES string of the molecule is CC1(C)CC[C@]23CC[C@@]4(C)[C@H](CC[C@H]5[C@@]6(C)CCC(=O)C(C)(C)[C@@H]6CC[C@@]54C)[C@@H]2[C@@H]1OC3. The van der Waals surface area contributed by atoms with Gasteiger partial charge in [0.05, 0.1) is 12.7 Å². The van der Waals surface area contributed by atoms with Crippen molar-refractivity contribution in [3.63, 3.8) is 0 Å². The van der Waals surface area contributed by atoms with E-state index >= 15 is 0 Å². The van der Waals surface area contributed by atoms with Gasteiger partial charge in [-0.25, -0.2) is 0 Å². The Kier molecular flexibility index (Phi) is 4.31. The van der Waals surface area contributed by atoms with Gasteiger partial charge in [-0.1, -0.05) is 48.5 Å². The minimum absolute atomic E-state index is 0.136. The summed E-state index contributed by atoms with van der Waals surface area (Å²) in [4.78, 5) is 12.9. The Labute approximate surface area is 197 Å². The molecule has 6 aliphatic rings. The second kappa shape index (κ2) is 6.24. The molecule has 0 spiro atoms. The molecule has 6 rings (SSSR count). The van der Waals surface area contributed by atoms with E-state index in [4.69, 9.17) is 4.74 Å². The van der Waals surface area contributed by atoms with Crippen molar-refractivity contribution in [3.8, 4) is 0 Å². The highest BCUT2D eigenvalue weighted by Crippen LogP contribution is 2.77. The smallest absolute Gasteiger partial charge is 0.138 e. The summed E-state index contributed by atoms with van der Waals surface area (Å²) in [7, 11) is 0. The summed E-state index contributed by atoms with van der Waals surface area (Å²) in [5.41, 5.74) is 1.83. The van der Waals surface area contributed by atoms with Crippen LogP contribution < -0.4 is 0 Å². The summed E-state index contributed by atoms with van der Waals surface area (Å²) >= 11 is 0. The van der Waals surface area contributed by atoms with Gasteiger partial charge in [-0.15, -0.1) is 0 Å². The summed E-state index contributed by atoms with van der Waals surface area (Å²) < 4.78 is 6.70. The van der Waals surface area contributed by atoms with E-state index in [0.29, 0.717) is 44.9 Å². The lowest BCUT2D eigenvalue weighted by Crippen LogP contribution is -2.67. The minimum atomic E-state index is -0.136. The topological polar surface area (TPSA) is 26.3 Å². The number of carbonyl (C=O) groups is 1. The van der Waals surface area contributed by atoms with Crippen molar-refractivity contribution in [2.75, 3.05) is 6.61 Å². The molecule has 6 fully saturated rings. The van der Waals surface area contributed by atoms with Gasteiger partial charge in [0.2, 0.25) is 0 Å². The van der Waals surface area contributed by atoms with Crippen LogP contribution in [0.3, 0.4) is 0 Å². The lowest BCUT2D eigenvalue weighted by atomic mass is 9.31. The van der Waals surface area contributed by atoms with Crippen molar-refractivity contribution >= 4 is 5.78 Å². The van der Waals surface area contributed by atoms with Crippen LogP contribution >= 0.6 is 0 Å². The van der Waals surface area contributed by atoms with Gasteiger partial charge >= 0.3 is 0 Å². The number of Topliss-reactive ketones (excluding diaryl/α,β-unsaturated/α-hetero) is 1. The molecule has 2 nitrogen and oxygen atoms in total. The van der Waals surface area contributed by atoms with Crippen molar-refractivity contribution < 1.29 is 9.53 Å². The number of carbonyl (C=O) groups excluding carboxylic acids is 1. The number of hydrogen-bond acceptors (Lipinski definition) is 2. The fourth-order valence-corrected chi connectivity index (χ4v) is 11.8. The second-order valence-electron chi connectivity index (χ2n) is 15.4. The van der Waals surface area contributed by atoms with Crippen LogP contribution in [-0.2, 0) is 9.53 Å². The first-order valence-corrected chi connectivity index (χ1v) is 14.0. The van der Waals surface area contributed by atoms with E-state index in [1.165, 1.54) is 51.4 Å². The third kappa shape index (κ3) is 2.35. The molecule has 0 amide bonds. The molecule has 1 aliphatic heterocycles. The Morgan fingerprint density at radius 1 is 0.750 bits per heavy atom. The summed E-state index contributed by atoms with van der Waals surface area (Å²) in [5.74, 6) is 3.46. The molecule has 0 radical (unpaired) electrons. The Balaban J connectivity index is 1.40. The van der Waals surface area contributed by atoms with E-state index in [1.54, 1.807) is 0 Å². The first-order valence-electron chi connectivity index (χ1n) is 14.0. The fraction of sp³-hybridized carbons (Fsp3) is 0.967. The Hall–Kier alpha value is -0.370. The van der Waals surface area contributed by atoms with Crippen LogP contribution in [-0.4, -0.2) is 18.5 Å². The molecule has 0 N–H and O–H groups in total. The van der Waals surface area contributed by atoms with Crippen molar-refractivity contribution in [2.24, 2.45) is 56.2 Å². The predicted octanol–water partition coefficient (Wildman–Crippen LogP) is 7.45. The van der Waals surface area contributed by atoms with Crippen LogP contribution in [0, 0.1) is 56.2 Å². The Morgan fingerprint density at radius 2 is 1.47 bits per heavy atom. The molecule has 9 atom stereocenters. The zero-order chi connectivity index (χ0) is 22.9. The lowest BCUT2D eigenvalue weighted by molar-refractivity contribution is -0.239. The van der Waals surface area contributed by atoms with Crippen molar-refractivity contribution in [1.29, 1.82) is 0 Å². The van der Waals surface area contributed by atoms with Crippen LogP contribution in [0.1, 0.15) is 113 Å². The normalized spacial score (nSPS) is 57.7. The molecule has 32 heavy (non-hydrogen) atoms. The van der Waals surface area contributed by atoms with E-state index in [2.05, 4.69) is 48.5 Å². The van der Waals surface area contributed by atoms with Crippen molar-refractivity contribution in [1.82, 2.24) is 0 Å². The van der Waals surface area contributed by atoms with Crippen molar-refractivity contribution in [3.05, 3.63) is 0 Å². The summed E-state index contributed by atoms with van der Waals surface area (Å²) in [6.45, 7) is 18.6. The van der Waals surface area contributed by atoms with Gasteiger partial charge in [0.25, 0.3) is 0 Å². The van der Waals surface area contributed by atoms with Gasteiger partial charge in [-0.05, 0) is 109 Å². The van der Waals surface area contributed by atoms with Gasteiger partial charge in [0, 0.05) is 11.8 Å². The van der Waals surface area contributed by atoms with Crippen LogP contribution in [0.5, 0.6) is 0 Å². The average Bonchev–Trinajstić information content (AvgIpc) is 3.05. The van der Waals surface area contributed by atoms with Crippen molar-refractivity contribution in [2.45, 2.75) is 119 Å². The molecule has 2 bridgehead atoms. The fourth-order valence-electron chi connectivity index (χ4n) is 11.8. The molecule has 1 saturated heterocycles. The number of hydrogen-bond donors (Lipinski definition) is 0. The first kappa shape index (κ1) is 22.1. The maximum absolute atomic E-state index is 12.9. The zero-order valence-corrected chi connectivity index (χ0v) is 22.0. The molecular formula is C30H48O2. The summed E-state index contributed by atoms with van der Waals surface area (Å²) in [6.07, 6.45) is 13.3. The highest BCUT2D eigenvalue weighted by Gasteiger charge is 2.72. The molecular weight excluding hydrogens is 392 g/mol. The van der Waals surface area contributed by atoms with E-state index < -0.39 is 0 Å². The second-order valence-corrected chi connectivity index (χ2v) is 15.4. The van der Waals surface area contributed by atoms with Crippen LogP contribution in [0.4, 0.5) is 0 Å². The standard InChI is InChI=1S/C30H48O2/c1-25(2)14-16-30-17-15-28(6)19(23(30)24(25)32-18-30)8-9-21-27(5)12-11-22(31)26(3,4)20(27)10-13-29(21,28)7/h19-21,23-24H,8-18H2,1-7H3/t19-,20+,21+,23-,24+,27+,28+,29+,30-/m1/s1. The van der Waals surface area contributed by atoms with Gasteiger partial charge in [-0.3, -0.25) is 4.79 Å². The molecule has 1 heterocycles. The molecule has 2 heteroatoms. The van der Waals surface area contributed by atoms with Gasteiger partial charge < -0.3 is 4.74 Å². The van der Waals surface area contributed by atoms with Gasteiger partial charge in [0.15, 0.2) is 0 Å². The lowest BCUT2D eigenvalue weighted by Gasteiger charge is -2.72. The zero-order valence-electron chi connectivity index (χ0n) is 22.0. The highest BCUT2D eigenvalue weighted by atomic mass is 16.5. The number of rotatable bonds is 0. The maximum atomic E-state index is 12.9. The van der Waals surface area contributed by atoms with E-state index in [-0.39, 0.29) is 5.41 Å². The van der Waals surface area contributed by atoms with Gasteiger partial charge in [-0.2, -0.15) is 0 Å². The molecule has 5 aliphatic carbocycles. The van der Waals surface area contributed by atoms with E-state index in [0.717, 1.165) is 37.2 Å². The third-order valence-corrected chi connectivity index (χ3v) is 13.9. The van der Waals surface area contributed by atoms with Crippen LogP contribution in [0.2, 0.25) is 0 Å². The molecule has 0 aromatic heterocycles. The maximum Gasteiger partial charge on any atom is 0.138 e. The Bertz CT molecular complexity index is 842. The number of ether oxygens (including phenoxy) is 1. The largest absolute Gasteiger partial charge is 0.377 e.